The molecule has 0 aromatic heterocycles. The van der Waals surface area contributed by atoms with Gasteiger partial charge in [0.2, 0.25) is 0 Å². The number of nitrogen functional groups attached to an aromatic ring is 1. The zero-order valence-corrected chi connectivity index (χ0v) is 12.3. The Hall–Kier alpha value is -2.25. The van der Waals surface area contributed by atoms with Crippen molar-refractivity contribution in [2.45, 2.75) is 4.90 Å². The van der Waals surface area contributed by atoms with E-state index >= 15 is 0 Å². The Balaban J connectivity index is 0.00000220. The van der Waals surface area contributed by atoms with Crippen LogP contribution in [0.1, 0.15) is 10.4 Å². The van der Waals surface area contributed by atoms with Gasteiger partial charge in [0.05, 0.1) is 10.5 Å². The average Bonchev–Trinajstić information content (AvgIpc) is 2.39. The number of nitrogens with one attached hydrogen (secondary N) is 1. The number of anilines is 2. The minimum atomic E-state index is -3.77. The highest BCUT2D eigenvalue weighted by atomic mass is 35.5. The van der Waals surface area contributed by atoms with Gasteiger partial charge in [-0.25, -0.2) is 13.2 Å². The standard InChI is InChI=1S/C13H12N2O4S.ClH/c14-10-4-6-12(7-5-10)20(18,19)15-11-3-1-2-9(8-11)13(16)17;/h1-8,15H,14H2,(H,16,17);1H. The predicted octanol–water partition coefficient (Wildman–Crippen LogP) is 2.19. The van der Waals surface area contributed by atoms with Crippen molar-refractivity contribution in [2.24, 2.45) is 0 Å². The van der Waals surface area contributed by atoms with Crippen molar-refractivity contribution >= 4 is 39.8 Å². The fourth-order valence-corrected chi connectivity index (χ4v) is 2.63. The van der Waals surface area contributed by atoms with Crippen LogP contribution in [0.2, 0.25) is 0 Å². The van der Waals surface area contributed by atoms with Gasteiger partial charge in [-0.2, -0.15) is 0 Å². The number of benzene rings is 2. The molecule has 0 saturated heterocycles. The molecular weight excluding hydrogens is 316 g/mol. The fraction of sp³-hybridized carbons (Fsp3) is 0. The average molecular weight is 329 g/mol. The number of hydrogen-bond donors (Lipinski definition) is 3. The van der Waals surface area contributed by atoms with Crippen LogP contribution in [0.5, 0.6) is 0 Å². The molecule has 2 aromatic carbocycles. The molecule has 2 rings (SSSR count). The summed E-state index contributed by atoms with van der Waals surface area (Å²) in [5.41, 5.74) is 6.14. The molecule has 6 nitrogen and oxygen atoms in total. The van der Waals surface area contributed by atoms with Crippen molar-refractivity contribution in [3.63, 3.8) is 0 Å². The van der Waals surface area contributed by atoms with Gasteiger partial charge in [-0.1, -0.05) is 6.07 Å². The van der Waals surface area contributed by atoms with Crippen LogP contribution >= 0.6 is 12.4 Å². The fourth-order valence-electron chi connectivity index (χ4n) is 1.58. The summed E-state index contributed by atoms with van der Waals surface area (Å²) in [5, 5.41) is 8.86. The molecular formula is C13H13ClN2O4S. The number of hydrogen-bond acceptors (Lipinski definition) is 4. The first-order valence-corrected chi connectivity index (χ1v) is 7.08. The maximum Gasteiger partial charge on any atom is 0.335 e. The predicted molar refractivity (Wildman–Crippen MR) is 82.3 cm³/mol. The van der Waals surface area contributed by atoms with E-state index in [4.69, 9.17) is 10.8 Å². The van der Waals surface area contributed by atoms with Crippen molar-refractivity contribution < 1.29 is 18.3 Å². The third-order valence-electron chi connectivity index (χ3n) is 2.55. The number of carboxylic acid groups (broad SMARTS) is 1. The maximum atomic E-state index is 12.1. The van der Waals surface area contributed by atoms with Crippen LogP contribution in [0.15, 0.2) is 53.4 Å². The van der Waals surface area contributed by atoms with Gasteiger partial charge in [0, 0.05) is 11.4 Å². The number of sulfonamides is 1. The Bertz CT molecular complexity index is 745. The zero-order valence-electron chi connectivity index (χ0n) is 10.7. The summed E-state index contributed by atoms with van der Waals surface area (Å²) in [6, 6.07) is 11.3. The second kappa shape index (κ2) is 6.47. The lowest BCUT2D eigenvalue weighted by Gasteiger charge is -2.08. The first-order valence-electron chi connectivity index (χ1n) is 5.60. The highest BCUT2D eigenvalue weighted by molar-refractivity contribution is 7.92. The monoisotopic (exact) mass is 328 g/mol. The summed E-state index contributed by atoms with van der Waals surface area (Å²) in [6.45, 7) is 0. The Morgan fingerprint density at radius 2 is 1.71 bits per heavy atom. The van der Waals surface area contributed by atoms with E-state index in [1.807, 2.05) is 0 Å². The van der Waals surface area contributed by atoms with Crippen LogP contribution in [0.25, 0.3) is 0 Å². The Morgan fingerprint density at radius 3 is 2.29 bits per heavy atom. The second-order valence-electron chi connectivity index (χ2n) is 4.06. The number of aromatic carboxylic acids is 1. The Morgan fingerprint density at radius 1 is 1.10 bits per heavy atom. The molecule has 0 amide bonds. The van der Waals surface area contributed by atoms with Crippen LogP contribution in [0.3, 0.4) is 0 Å². The van der Waals surface area contributed by atoms with Crippen molar-refractivity contribution in [1.82, 2.24) is 0 Å². The molecule has 0 atom stereocenters. The van der Waals surface area contributed by atoms with Crippen molar-refractivity contribution in [2.75, 3.05) is 10.5 Å². The van der Waals surface area contributed by atoms with E-state index in [2.05, 4.69) is 4.72 Å². The smallest absolute Gasteiger partial charge is 0.335 e. The molecule has 0 spiro atoms. The normalized spacial score (nSPS) is 10.5. The van der Waals surface area contributed by atoms with Gasteiger partial charge >= 0.3 is 5.97 Å². The van der Waals surface area contributed by atoms with Crippen molar-refractivity contribution in [3.05, 3.63) is 54.1 Å². The summed E-state index contributed by atoms with van der Waals surface area (Å²) in [7, 11) is -3.77. The third kappa shape index (κ3) is 4.11. The molecule has 0 unspecified atom stereocenters. The van der Waals surface area contributed by atoms with Crippen LogP contribution in [-0.2, 0) is 10.0 Å². The third-order valence-corrected chi connectivity index (χ3v) is 3.95. The molecule has 0 aliphatic carbocycles. The summed E-state index contributed by atoms with van der Waals surface area (Å²) < 4.78 is 26.5. The number of halogens is 1. The molecule has 0 aliphatic rings. The van der Waals surface area contributed by atoms with Crippen molar-refractivity contribution in [1.29, 1.82) is 0 Å². The molecule has 4 N–H and O–H groups in total. The molecule has 21 heavy (non-hydrogen) atoms. The minimum absolute atomic E-state index is 0. The minimum Gasteiger partial charge on any atom is -0.478 e. The maximum absolute atomic E-state index is 12.1. The van der Waals surface area contributed by atoms with E-state index < -0.39 is 16.0 Å². The van der Waals surface area contributed by atoms with E-state index in [0.717, 1.165) is 0 Å². The first-order chi connectivity index (χ1) is 9.38. The van der Waals surface area contributed by atoms with E-state index in [1.165, 1.54) is 48.5 Å². The molecule has 0 saturated carbocycles. The molecule has 8 heteroatoms. The highest BCUT2D eigenvalue weighted by Crippen LogP contribution is 2.18. The van der Waals surface area contributed by atoms with Crippen LogP contribution in [0, 0.1) is 0 Å². The van der Waals surface area contributed by atoms with Gasteiger partial charge in [-0.05, 0) is 42.5 Å². The SMILES string of the molecule is Cl.Nc1ccc(S(=O)(=O)Nc2cccc(C(=O)O)c2)cc1. The molecule has 112 valence electrons. The van der Waals surface area contributed by atoms with E-state index in [1.54, 1.807) is 0 Å². The number of rotatable bonds is 4. The first kappa shape index (κ1) is 16.8. The Labute approximate surface area is 128 Å². The topological polar surface area (TPSA) is 109 Å². The molecule has 0 fully saturated rings. The lowest BCUT2D eigenvalue weighted by atomic mass is 10.2. The van der Waals surface area contributed by atoms with Gasteiger partial charge in [0.1, 0.15) is 0 Å². The largest absolute Gasteiger partial charge is 0.478 e. The number of carboxylic acids is 1. The second-order valence-corrected chi connectivity index (χ2v) is 5.74. The summed E-state index contributed by atoms with van der Waals surface area (Å²) in [6.07, 6.45) is 0. The van der Waals surface area contributed by atoms with Crippen LogP contribution in [0.4, 0.5) is 11.4 Å². The highest BCUT2D eigenvalue weighted by Gasteiger charge is 2.14. The lowest BCUT2D eigenvalue weighted by Crippen LogP contribution is -2.13. The van der Waals surface area contributed by atoms with Gasteiger partial charge in [0.25, 0.3) is 10.0 Å². The van der Waals surface area contributed by atoms with Crippen LogP contribution in [-0.4, -0.2) is 19.5 Å². The van der Waals surface area contributed by atoms with Crippen LogP contribution < -0.4 is 10.5 Å². The zero-order chi connectivity index (χ0) is 14.8. The summed E-state index contributed by atoms with van der Waals surface area (Å²) in [4.78, 5) is 10.9. The molecule has 0 bridgehead atoms. The van der Waals surface area contributed by atoms with Gasteiger partial charge in [-0.3, -0.25) is 4.72 Å². The summed E-state index contributed by atoms with van der Waals surface area (Å²) >= 11 is 0. The summed E-state index contributed by atoms with van der Waals surface area (Å²) in [5.74, 6) is -1.13. The van der Waals surface area contributed by atoms with E-state index in [-0.39, 0.29) is 28.6 Å². The van der Waals surface area contributed by atoms with Gasteiger partial charge in [0.15, 0.2) is 0 Å². The molecule has 0 heterocycles. The quantitative estimate of drug-likeness (QED) is 0.745. The van der Waals surface area contributed by atoms with E-state index in [9.17, 15) is 13.2 Å². The van der Waals surface area contributed by atoms with Gasteiger partial charge in [-0.15, -0.1) is 12.4 Å². The number of nitrogens with two attached hydrogens (primary N) is 1. The Kier molecular flexibility index (Phi) is 5.17. The lowest BCUT2D eigenvalue weighted by molar-refractivity contribution is 0.0697. The van der Waals surface area contributed by atoms with Crippen molar-refractivity contribution in [3.8, 4) is 0 Å². The molecule has 0 radical (unpaired) electrons. The van der Waals surface area contributed by atoms with Gasteiger partial charge < -0.3 is 10.8 Å². The molecule has 0 aliphatic heterocycles. The number of carbonyl (C=O) groups is 1. The van der Waals surface area contributed by atoms with E-state index in [0.29, 0.717) is 5.69 Å². The molecule has 2 aromatic rings.